The van der Waals surface area contributed by atoms with Gasteiger partial charge in [-0.2, -0.15) is 0 Å². The molecule has 1 aromatic rings. The summed E-state index contributed by atoms with van der Waals surface area (Å²) in [7, 11) is 0. The van der Waals surface area contributed by atoms with Crippen LogP contribution in [0.15, 0.2) is 18.2 Å². The quantitative estimate of drug-likeness (QED) is 0.887. The Bertz CT molecular complexity index is 468. The molecule has 1 aliphatic heterocycles. The molecular weight excluding hydrogens is 280 g/mol. The summed E-state index contributed by atoms with van der Waals surface area (Å²) in [6, 6.07) is 7.01. The fourth-order valence-corrected chi connectivity index (χ4v) is 3.56. The molecule has 0 amide bonds. The second kappa shape index (κ2) is 7.13. The van der Waals surface area contributed by atoms with Crippen LogP contribution in [0.3, 0.4) is 0 Å². The van der Waals surface area contributed by atoms with E-state index in [9.17, 15) is 0 Å². The molecule has 1 unspecified atom stereocenters. The molecule has 1 aliphatic rings. The number of nitrogens with one attached hydrogen (secondary N) is 1. The summed E-state index contributed by atoms with van der Waals surface area (Å²) in [6.07, 6.45) is 3.55. The van der Waals surface area contributed by atoms with Crippen molar-refractivity contribution in [1.29, 1.82) is 0 Å². The first-order valence-corrected chi connectivity index (χ1v) is 8.61. The Kier molecular flexibility index (Phi) is 5.70. The SMILES string of the molecule is CCC1(CC)CN(Cc2ccc(C)cc2Cl)C(C)CCN1. The van der Waals surface area contributed by atoms with E-state index in [0.29, 0.717) is 6.04 Å². The largest absolute Gasteiger partial charge is 0.310 e. The highest BCUT2D eigenvalue weighted by molar-refractivity contribution is 6.31. The molecule has 1 aromatic carbocycles. The van der Waals surface area contributed by atoms with Crippen LogP contribution in [0, 0.1) is 6.92 Å². The molecule has 3 heteroatoms. The molecule has 1 heterocycles. The minimum absolute atomic E-state index is 0.252. The van der Waals surface area contributed by atoms with Crippen LogP contribution in [-0.4, -0.2) is 29.6 Å². The number of aryl methyl sites for hydroxylation is 1. The van der Waals surface area contributed by atoms with E-state index in [4.69, 9.17) is 11.6 Å². The lowest BCUT2D eigenvalue weighted by atomic mass is 9.92. The van der Waals surface area contributed by atoms with Gasteiger partial charge < -0.3 is 5.32 Å². The normalized spacial score (nSPS) is 23.0. The lowest BCUT2D eigenvalue weighted by Gasteiger charge is -2.37. The van der Waals surface area contributed by atoms with Gasteiger partial charge in [0.05, 0.1) is 0 Å². The standard InChI is InChI=1S/C18H29ClN2/c1-5-18(6-2)13-21(15(4)9-10-20-18)12-16-8-7-14(3)11-17(16)19/h7-8,11,15,20H,5-6,9-10,12-13H2,1-4H3. The van der Waals surface area contributed by atoms with Crippen LogP contribution in [0.5, 0.6) is 0 Å². The average Bonchev–Trinajstić information content (AvgIpc) is 2.62. The van der Waals surface area contributed by atoms with Gasteiger partial charge in [-0.25, -0.2) is 0 Å². The van der Waals surface area contributed by atoms with Crippen molar-refractivity contribution < 1.29 is 0 Å². The van der Waals surface area contributed by atoms with Crippen LogP contribution in [-0.2, 0) is 6.54 Å². The minimum Gasteiger partial charge on any atom is -0.310 e. The fraction of sp³-hybridized carbons (Fsp3) is 0.667. The second-order valence-electron chi connectivity index (χ2n) is 6.55. The van der Waals surface area contributed by atoms with E-state index in [-0.39, 0.29) is 5.54 Å². The molecule has 1 atom stereocenters. The predicted molar refractivity (Wildman–Crippen MR) is 92.0 cm³/mol. The Labute approximate surface area is 134 Å². The fourth-order valence-electron chi connectivity index (χ4n) is 3.26. The van der Waals surface area contributed by atoms with Crippen LogP contribution >= 0.6 is 11.6 Å². The van der Waals surface area contributed by atoms with Crippen molar-refractivity contribution in [1.82, 2.24) is 10.2 Å². The van der Waals surface area contributed by atoms with Crippen LogP contribution in [0.1, 0.15) is 51.2 Å². The highest BCUT2D eigenvalue weighted by Crippen LogP contribution is 2.26. The molecule has 1 N–H and O–H groups in total. The summed E-state index contributed by atoms with van der Waals surface area (Å²) >= 11 is 6.43. The molecule has 0 aromatic heterocycles. The van der Waals surface area contributed by atoms with Crippen molar-refractivity contribution in [2.24, 2.45) is 0 Å². The summed E-state index contributed by atoms with van der Waals surface area (Å²) in [4.78, 5) is 2.60. The number of rotatable bonds is 4. The van der Waals surface area contributed by atoms with Gasteiger partial charge in [0.1, 0.15) is 0 Å². The second-order valence-corrected chi connectivity index (χ2v) is 6.96. The summed E-state index contributed by atoms with van der Waals surface area (Å²) in [5.41, 5.74) is 2.73. The zero-order chi connectivity index (χ0) is 15.5. The van der Waals surface area contributed by atoms with E-state index in [1.165, 1.54) is 30.4 Å². The smallest absolute Gasteiger partial charge is 0.0453 e. The highest BCUT2D eigenvalue weighted by Gasteiger charge is 2.32. The first kappa shape index (κ1) is 16.8. The van der Waals surface area contributed by atoms with E-state index in [1.54, 1.807) is 0 Å². The van der Waals surface area contributed by atoms with Crippen molar-refractivity contribution in [2.45, 2.75) is 65.1 Å². The van der Waals surface area contributed by atoms with Crippen LogP contribution < -0.4 is 5.32 Å². The van der Waals surface area contributed by atoms with Crippen LogP contribution in [0.2, 0.25) is 5.02 Å². The Hall–Kier alpha value is -0.570. The van der Waals surface area contributed by atoms with Gasteiger partial charge in [-0.3, -0.25) is 4.90 Å². The van der Waals surface area contributed by atoms with E-state index in [1.807, 2.05) is 0 Å². The lowest BCUT2D eigenvalue weighted by molar-refractivity contribution is 0.152. The third-order valence-electron chi connectivity index (χ3n) is 5.13. The van der Waals surface area contributed by atoms with E-state index < -0.39 is 0 Å². The molecule has 0 aliphatic carbocycles. The maximum atomic E-state index is 6.43. The van der Waals surface area contributed by atoms with Crippen molar-refractivity contribution in [3.05, 3.63) is 34.3 Å². The Morgan fingerprint density at radius 1 is 1.33 bits per heavy atom. The van der Waals surface area contributed by atoms with E-state index in [0.717, 1.165) is 24.7 Å². The Morgan fingerprint density at radius 2 is 2.05 bits per heavy atom. The number of benzene rings is 1. The number of hydrogen-bond acceptors (Lipinski definition) is 2. The zero-order valence-electron chi connectivity index (χ0n) is 13.9. The monoisotopic (exact) mass is 308 g/mol. The first-order chi connectivity index (χ1) is 9.99. The third-order valence-corrected chi connectivity index (χ3v) is 5.48. The van der Waals surface area contributed by atoms with Crippen molar-refractivity contribution in [3.63, 3.8) is 0 Å². The topological polar surface area (TPSA) is 15.3 Å². The van der Waals surface area contributed by atoms with Gasteiger partial charge in [0.15, 0.2) is 0 Å². The van der Waals surface area contributed by atoms with Crippen molar-refractivity contribution >= 4 is 11.6 Å². The van der Waals surface area contributed by atoms with Gasteiger partial charge in [0.2, 0.25) is 0 Å². The maximum absolute atomic E-state index is 6.43. The Balaban J connectivity index is 2.18. The van der Waals surface area contributed by atoms with Gasteiger partial charge in [0.25, 0.3) is 0 Å². The number of halogens is 1. The van der Waals surface area contributed by atoms with E-state index in [2.05, 4.69) is 56.1 Å². The minimum atomic E-state index is 0.252. The summed E-state index contributed by atoms with van der Waals surface area (Å²) in [6.45, 7) is 12.2. The predicted octanol–water partition coefficient (Wildman–Crippen LogP) is 4.39. The highest BCUT2D eigenvalue weighted by atomic mass is 35.5. The van der Waals surface area contributed by atoms with Gasteiger partial charge >= 0.3 is 0 Å². The summed E-state index contributed by atoms with van der Waals surface area (Å²) in [5.74, 6) is 0. The number of nitrogens with zero attached hydrogens (tertiary/aromatic N) is 1. The zero-order valence-corrected chi connectivity index (χ0v) is 14.6. The lowest BCUT2D eigenvalue weighted by Crippen LogP contribution is -2.51. The van der Waals surface area contributed by atoms with Gasteiger partial charge in [-0.15, -0.1) is 0 Å². The molecule has 2 nitrogen and oxygen atoms in total. The van der Waals surface area contributed by atoms with Crippen LogP contribution in [0.4, 0.5) is 0 Å². The summed E-state index contributed by atoms with van der Waals surface area (Å²) < 4.78 is 0. The Morgan fingerprint density at radius 3 is 2.67 bits per heavy atom. The summed E-state index contributed by atoms with van der Waals surface area (Å²) in [5, 5.41) is 4.69. The maximum Gasteiger partial charge on any atom is 0.0453 e. The van der Waals surface area contributed by atoms with Gasteiger partial charge in [0, 0.05) is 29.7 Å². The van der Waals surface area contributed by atoms with Gasteiger partial charge in [-0.1, -0.05) is 37.6 Å². The molecular formula is C18H29ClN2. The van der Waals surface area contributed by atoms with E-state index >= 15 is 0 Å². The molecule has 1 saturated heterocycles. The molecule has 0 bridgehead atoms. The molecule has 118 valence electrons. The molecule has 1 fully saturated rings. The van der Waals surface area contributed by atoms with Crippen molar-refractivity contribution in [2.75, 3.05) is 13.1 Å². The third kappa shape index (κ3) is 4.00. The molecule has 2 rings (SSSR count). The first-order valence-electron chi connectivity index (χ1n) is 8.24. The number of hydrogen-bond donors (Lipinski definition) is 1. The molecule has 0 radical (unpaired) electrons. The van der Waals surface area contributed by atoms with Gasteiger partial charge in [-0.05, 0) is 56.8 Å². The average molecular weight is 309 g/mol. The molecule has 0 spiro atoms. The van der Waals surface area contributed by atoms with Crippen molar-refractivity contribution in [3.8, 4) is 0 Å². The van der Waals surface area contributed by atoms with Crippen LogP contribution in [0.25, 0.3) is 0 Å². The molecule has 21 heavy (non-hydrogen) atoms. The molecule has 0 saturated carbocycles.